The topological polar surface area (TPSA) is 75.2 Å². The fourth-order valence-corrected chi connectivity index (χ4v) is 3.85. The SMILES string of the molecule is COc1ccc(C2c3c(n[nH]c3C)C[C@@](C)(O)C2C(C)=O)cc1. The third-order valence-electron chi connectivity index (χ3n) is 4.83. The number of nitrogens with zero attached hydrogens (tertiary/aromatic N) is 1. The monoisotopic (exact) mass is 314 g/mol. The summed E-state index contributed by atoms with van der Waals surface area (Å²) >= 11 is 0. The Bertz CT molecular complexity index is 731. The van der Waals surface area contributed by atoms with Crippen LogP contribution in [0.3, 0.4) is 0 Å². The van der Waals surface area contributed by atoms with Crippen LogP contribution in [0.2, 0.25) is 0 Å². The fraction of sp³-hybridized carbons (Fsp3) is 0.444. The molecular formula is C18H22N2O3. The molecule has 3 rings (SSSR count). The van der Waals surface area contributed by atoms with Crippen LogP contribution in [0, 0.1) is 12.8 Å². The molecule has 0 saturated carbocycles. The number of aryl methyl sites for hydroxylation is 1. The van der Waals surface area contributed by atoms with Crippen molar-refractivity contribution in [2.75, 3.05) is 7.11 Å². The number of nitrogens with one attached hydrogen (secondary N) is 1. The van der Waals surface area contributed by atoms with E-state index in [-0.39, 0.29) is 11.7 Å². The molecule has 2 aromatic rings. The minimum atomic E-state index is -1.12. The third-order valence-corrected chi connectivity index (χ3v) is 4.83. The molecule has 1 heterocycles. The molecule has 0 bridgehead atoms. The van der Waals surface area contributed by atoms with E-state index in [9.17, 15) is 9.90 Å². The smallest absolute Gasteiger partial charge is 0.136 e. The van der Waals surface area contributed by atoms with Gasteiger partial charge in [0, 0.05) is 23.6 Å². The van der Waals surface area contributed by atoms with Crippen molar-refractivity contribution in [1.29, 1.82) is 0 Å². The van der Waals surface area contributed by atoms with Crippen LogP contribution < -0.4 is 4.74 Å². The summed E-state index contributed by atoms with van der Waals surface area (Å²) in [6, 6.07) is 7.67. The lowest BCUT2D eigenvalue weighted by Crippen LogP contribution is -2.48. The first kappa shape index (κ1) is 15.7. The number of hydrogen-bond donors (Lipinski definition) is 2. The Balaban J connectivity index is 2.19. The lowest BCUT2D eigenvalue weighted by Gasteiger charge is -2.41. The highest BCUT2D eigenvalue weighted by atomic mass is 16.5. The molecule has 5 heteroatoms. The number of carbonyl (C=O) groups is 1. The van der Waals surface area contributed by atoms with E-state index in [1.165, 1.54) is 0 Å². The van der Waals surface area contributed by atoms with Gasteiger partial charge in [0.15, 0.2) is 0 Å². The molecule has 1 aliphatic carbocycles. The summed E-state index contributed by atoms with van der Waals surface area (Å²) < 4.78 is 5.22. The summed E-state index contributed by atoms with van der Waals surface area (Å²) in [6.45, 7) is 5.23. The number of hydrogen-bond acceptors (Lipinski definition) is 4. The number of carbonyl (C=O) groups excluding carboxylic acids is 1. The molecule has 0 saturated heterocycles. The van der Waals surface area contributed by atoms with Crippen LogP contribution >= 0.6 is 0 Å². The number of ether oxygens (including phenoxy) is 1. The number of aromatic amines is 1. The Morgan fingerprint density at radius 1 is 1.39 bits per heavy atom. The summed E-state index contributed by atoms with van der Waals surface area (Å²) in [5, 5.41) is 18.2. The number of H-pyrrole nitrogens is 1. The summed E-state index contributed by atoms with van der Waals surface area (Å²) in [5.41, 5.74) is 2.68. The van der Waals surface area contributed by atoms with Gasteiger partial charge in [0.25, 0.3) is 0 Å². The van der Waals surface area contributed by atoms with Crippen LogP contribution in [0.25, 0.3) is 0 Å². The molecular weight excluding hydrogens is 292 g/mol. The number of methoxy groups -OCH3 is 1. The number of aliphatic hydroxyl groups is 1. The maximum absolute atomic E-state index is 12.3. The van der Waals surface area contributed by atoms with Crippen molar-refractivity contribution in [3.63, 3.8) is 0 Å². The van der Waals surface area contributed by atoms with Crippen molar-refractivity contribution in [1.82, 2.24) is 10.2 Å². The maximum atomic E-state index is 12.3. The van der Waals surface area contributed by atoms with E-state index in [0.29, 0.717) is 6.42 Å². The molecule has 0 amide bonds. The predicted molar refractivity (Wildman–Crippen MR) is 86.7 cm³/mol. The van der Waals surface area contributed by atoms with E-state index >= 15 is 0 Å². The zero-order valence-corrected chi connectivity index (χ0v) is 13.9. The molecule has 0 radical (unpaired) electrons. The zero-order chi connectivity index (χ0) is 16.8. The quantitative estimate of drug-likeness (QED) is 0.912. The molecule has 1 aromatic carbocycles. The second kappa shape index (κ2) is 5.49. The lowest BCUT2D eigenvalue weighted by molar-refractivity contribution is -0.130. The molecule has 2 N–H and O–H groups in total. The van der Waals surface area contributed by atoms with E-state index in [1.54, 1.807) is 21.0 Å². The summed E-state index contributed by atoms with van der Waals surface area (Å²) in [6.07, 6.45) is 0.379. The molecule has 0 spiro atoms. The van der Waals surface area contributed by atoms with E-state index in [2.05, 4.69) is 10.2 Å². The maximum Gasteiger partial charge on any atom is 0.136 e. The number of Topliss-reactive ketones (excluding diaryl/α,β-unsaturated/α-hetero) is 1. The largest absolute Gasteiger partial charge is 0.497 e. The van der Waals surface area contributed by atoms with Gasteiger partial charge in [-0.25, -0.2) is 0 Å². The number of ketones is 1. The van der Waals surface area contributed by atoms with Crippen molar-refractivity contribution in [3.05, 3.63) is 46.8 Å². The van der Waals surface area contributed by atoms with Gasteiger partial charge in [-0.15, -0.1) is 0 Å². The highest BCUT2D eigenvalue weighted by Gasteiger charge is 2.48. The highest BCUT2D eigenvalue weighted by molar-refractivity contribution is 5.82. The fourth-order valence-electron chi connectivity index (χ4n) is 3.85. The van der Waals surface area contributed by atoms with Crippen LogP contribution in [0.4, 0.5) is 0 Å². The standard InChI is InChI=1S/C18H22N2O3/c1-10-15-14(20-19-10)9-18(3,22)17(11(2)21)16(15)12-5-7-13(23-4)8-6-12/h5-8,16-17,22H,9H2,1-4H3,(H,19,20)/t16?,17?,18-/m1/s1. The van der Waals surface area contributed by atoms with Crippen molar-refractivity contribution < 1.29 is 14.6 Å². The van der Waals surface area contributed by atoms with Gasteiger partial charge in [-0.3, -0.25) is 9.89 Å². The number of rotatable bonds is 3. The second-order valence-corrected chi connectivity index (χ2v) is 6.58. The second-order valence-electron chi connectivity index (χ2n) is 6.58. The van der Waals surface area contributed by atoms with Gasteiger partial charge in [0.1, 0.15) is 11.5 Å². The van der Waals surface area contributed by atoms with Crippen molar-refractivity contribution in [3.8, 4) is 5.75 Å². The van der Waals surface area contributed by atoms with Crippen LogP contribution in [-0.4, -0.2) is 33.8 Å². The first-order valence-corrected chi connectivity index (χ1v) is 7.75. The third kappa shape index (κ3) is 2.55. The molecule has 122 valence electrons. The average molecular weight is 314 g/mol. The first-order chi connectivity index (χ1) is 10.8. The van der Waals surface area contributed by atoms with Gasteiger partial charge in [-0.2, -0.15) is 5.10 Å². The predicted octanol–water partition coefficient (Wildman–Crippen LogP) is 2.37. The molecule has 3 atom stereocenters. The molecule has 1 aromatic heterocycles. The summed E-state index contributed by atoms with van der Waals surface area (Å²) in [4.78, 5) is 12.3. The van der Waals surface area contributed by atoms with Gasteiger partial charge in [-0.05, 0) is 38.5 Å². The van der Waals surface area contributed by atoms with E-state index in [1.807, 2.05) is 31.2 Å². The number of benzene rings is 1. The minimum Gasteiger partial charge on any atom is -0.497 e. The number of aromatic nitrogens is 2. The van der Waals surface area contributed by atoms with Crippen molar-refractivity contribution in [2.24, 2.45) is 5.92 Å². The average Bonchev–Trinajstić information content (AvgIpc) is 2.85. The highest BCUT2D eigenvalue weighted by Crippen LogP contribution is 2.46. The van der Waals surface area contributed by atoms with E-state index < -0.39 is 11.5 Å². The van der Waals surface area contributed by atoms with Gasteiger partial charge >= 0.3 is 0 Å². The van der Waals surface area contributed by atoms with E-state index in [0.717, 1.165) is 28.3 Å². The molecule has 1 aliphatic rings. The minimum absolute atomic E-state index is 0.0120. The Hall–Kier alpha value is -2.14. The Labute approximate surface area is 135 Å². The van der Waals surface area contributed by atoms with Gasteiger partial charge < -0.3 is 9.84 Å². The van der Waals surface area contributed by atoms with Gasteiger partial charge in [-0.1, -0.05) is 12.1 Å². The van der Waals surface area contributed by atoms with Gasteiger partial charge in [0.05, 0.1) is 24.3 Å². The molecule has 5 nitrogen and oxygen atoms in total. The van der Waals surface area contributed by atoms with Crippen LogP contribution in [0.5, 0.6) is 5.75 Å². The van der Waals surface area contributed by atoms with Crippen LogP contribution in [0.15, 0.2) is 24.3 Å². The summed E-state index contributed by atoms with van der Waals surface area (Å²) in [5.74, 6) is 0.0394. The molecule has 0 fully saturated rings. The summed E-state index contributed by atoms with van der Waals surface area (Å²) in [7, 11) is 1.62. The van der Waals surface area contributed by atoms with Crippen molar-refractivity contribution >= 4 is 5.78 Å². The Morgan fingerprint density at radius 3 is 2.61 bits per heavy atom. The normalized spacial score (nSPS) is 26.7. The number of fused-ring (bicyclic) bond motifs is 1. The Kier molecular flexibility index (Phi) is 3.76. The molecule has 0 aliphatic heterocycles. The first-order valence-electron chi connectivity index (χ1n) is 7.75. The lowest BCUT2D eigenvalue weighted by atomic mass is 9.64. The van der Waals surface area contributed by atoms with Crippen molar-refractivity contribution in [2.45, 2.75) is 38.7 Å². The van der Waals surface area contributed by atoms with E-state index in [4.69, 9.17) is 4.74 Å². The zero-order valence-electron chi connectivity index (χ0n) is 13.9. The Morgan fingerprint density at radius 2 is 2.04 bits per heavy atom. The van der Waals surface area contributed by atoms with Gasteiger partial charge in [0.2, 0.25) is 0 Å². The van der Waals surface area contributed by atoms with Crippen LogP contribution in [-0.2, 0) is 11.2 Å². The molecule has 2 unspecified atom stereocenters. The van der Waals surface area contributed by atoms with Crippen LogP contribution in [0.1, 0.15) is 42.3 Å². The molecule has 23 heavy (non-hydrogen) atoms.